The van der Waals surface area contributed by atoms with Crippen LogP contribution in [0.15, 0.2) is 30.6 Å². The molecule has 2 heterocycles. The van der Waals surface area contributed by atoms with Crippen molar-refractivity contribution >= 4 is 17.5 Å². The second kappa shape index (κ2) is 9.20. The number of imidazole rings is 1. The van der Waals surface area contributed by atoms with Crippen LogP contribution in [-0.4, -0.2) is 34.7 Å². The van der Waals surface area contributed by atoms with Gasteiger partial charge >= 0.3 is 6.18 Å². The molecule has 2 fully saturated rings. The third-order valence-electron chi connectivity index (χ3n) is 6.25. The molecule has 31 heavy (non-hydrogen) atoms. The van der Waals surface area contributed by atoms with E-state index < -0.39 is 11.7 Å². The summed E-state index contributed by atoms with van der Waals surface area (Å²) in [5.41, 5.74) is 0.306. The molecule has 0 atom stereocenters. The fourth-order valence-corrected chi connectivity index (χ4v) is 4.73. The molecule has 0 bridgehead atoms. The first kappa shape index (κ1) is 22.1. The quantitative estimate of drug-likeness (QED) is 0.685. The third-order valence-corrected chi connectivity index (χ3v) is 6.62. The largest absolute Gasteiger partial charge is 0.416 e. The van der Waals surface area contributed by atoms with Crippen molar-refractivity contribution in [2.24, 2.45) is 5.92 Å². The van der Waals surface area contributed by atoms with E-state index in [1.807, 2.05) is 4.57 Å². The maximum Gasteiger partial charge on any atom is 0.416 e. The van der Waals surface area contributed by atoms with Crippen molar-refractivity contribution in [3.05, 3.63) is 41.3 Å². The van der Waals surface area contributed by atoms with E-state index in [4.69, 9.17) is 16.3 Å². The van der Waals surface area contributed by atoms with Gasteiger partial charge in [0, 0.05) is 36.8 Å². The number of hydrogen-bond acceptors (Lipinski definition) is 3. The topological polar surface area (TPSA) is 56.1 Å². The van der Waals surface area contributed by atoms with Crippen molar-refractivity contribution < 1.29 is 22.7 Å². The number of alkyl halides is 3. The van der Waals surface area contributed by atoms with Crippen LogP contribution in [0, 0.1) is 5.92 Å². The van der Waals surface area contributed by atoms with Crippen LogP contribution in [0.5, 0.6) is 0 Å². The minimum absolute atomic E-state index is 0.00391. The summed E-state index contributed by atoms with van der Waals surface area (Å²) in [6.07, 6.45) is 2.12. The van der Waals surface area contributed by atoms with Gasteiger partial charge in [0.2, 0.25) is 5.91 Å². The van der Waals surface area contributed by atoms with Gasteiger partial charge in [0.05, 0.1) is 11.9 Å². The molecule has 1 aliphatic carbocycles. The molecular weight excluding hydrogens is 431 g/mol. The Morgan fingerprint density at radius 3 is 2.32 bits per heavy atom. The zero-order valence-corrected chi connectivity index (χ0v) is 17.8. The molecule has 1 saturated heterocycles. The Morgan fingerprint density at radius 2 is 1.71 bits per heavy atom. The first-order valence-electron chi connectivity index (χ1n) is 10.6. The van der Waals surface area contributed by atoms with Crippen LogP contribution in [0.1, 0.15) is 50.1 Å². The lowest BCUT2D eigenvalue weighted by atomic mass is 9.85. The number of aromatic nitrogens is 2. The molecule has 1 N–H and O–H groups in total. The van der Waals surface area contributed by atoms with E-state index in [0.717, 1.165) is 50.7 Å². The molecule has 4 rings (SSSR count). The van der Waals surface area contributed by atoms with Crippen LogP contribution >= 0.6 is 11.6 Å². The number of ether oxygens (including phenoxy) is 1. The Hall–Kier alpha value is -2.06. The zero-order valence-electron chi connectivity index (χ0n) is 17.0. The lowest BCUT2D eigenvalue weighted by Crippen LogP contribution is -2.42. The van der Waals surface area contributed by atoms with Crippen LogP contribution in [0.2, 0.25) is 5.15 Å². The van der Waals surface area contributed by atoms with E-state index in [2.05, 4.69) is 10.3 Å². The standard InChI is InChI=1S/C22H25ClF3N3O2/c23-20-19(14-1-5-16(6-2-14)22(24,25)26)27-13-29(20)18-7-3-15(4-8-18)21(30)28-17-9-11-31-12-10-17/h1-2,5-6,13,15,17-18H,3-4,7-12H2,(H,28,30)/t15-,18+. The number of benzene rings is 1. The molecule has 2 aliphatic rings. The molecule has 1 amide bonds. The summed E-state index contributed by atoms with van der Waals surface area (Å²) in [5, 5.41) is 3.56. The van der Waals surface area contributed by atoms with Crippen molar-refractivity contribution in [1.29, 1.82) is 0 Å². The Balaban J connectivity index is 1.37. The number of carbonyl (C=O) groups excluding carboxylic acids is 1. The summed E-state index contributed by atoms with van der Waals surface area (Å²) in [7, 11) is 0. The fraction of sp³-hybridized carbons (Fsp3) is 0.545. The molecular formula is C22H25ClF3N3O2. The minimum Gasteiger partial charge on any atom is -0.381 e. The van der Waals surface area contributed by atoms with Gasteiger partial charge in [0.15, 0.2) is 0 Å². The highest BCUT2D eigenvalue weighted by Gasteiger charge is 2.31. The van der Waals surface area contributed by atoms with Gasteiger partial charge in [-0.2, -0.15) is 13.2 Å². The number of hydrogen-bond donors (Lipinski definition) is 1. The van der Waals surface area contributed by atoms with Crippen LogP contribution in [0.3, 0.4) is 0 Å². The predicted molar refractivity (Wildman–Crippen MR) is 111 cm³/mol. The van der Waals surface area contributed by atoms with E-state index >= 15 is 0 Å². The summed E-state index contributed by atoms with van der Waals surface area (Å²) < 4.78 is 45.6. The zero-order chi connectivity index (χ0) is 22.0. The molecule has 1 aliphatic heterocycles. The highest BCUT2D eigenvalue weighted by molar-refractivity contribution is 6.32. The van der Waals surface area contributed by atoms with Crippen molar-refractivity contribution in [3.8, 4) is 11.3 Å². The molecule has 0 radical (unpaired) electrons. The van der Waals surface area contributed by atoms with Gasteiger partial charge in [-0.05, 0) is 50.7 Å². The number of nitrogens with zero attached hydrogens (tertiary/aromatic N) is 2. The number of carbonyl (C=O) groups is 1. The highest BCUT2D eigenvalue weighted by Crippen LogP contribution is 2.38. The van der Waals surface area contributed by atoms with Gasteiger partial charge in [-0.3, -0.25) is 4.79 Å². The maximum atomic E-state index is 12.8. The summed E-state index contributed by atoms with van der Waals surface area (Å²) in [5.74, 6) is 0.114. The lowest BCUT2D eigenvalue weighted by molar-refractivity contribution is -0.137. The summed E-state index contributed by atoms with van der Waals surface area (Å²) in [6, 6.07) is 5.17. The van der Waals surface area contributed by atoms with Crippen LogP contribution in [0.25, 0.3) is 11.3 Å². The van der Waals surface area contributed by atoms with Gasteiger partial charge in [0.1, 0.15) is 10.8 Å². The second-order valence-corrected chi connectivity index (χ2v) is 8.63. The number of rotatable bonds is 4. The molecule has 9 heteroatoms. The molecule has 1 saturated carbocycles. The highest BCUT2D eigenvalue weighted by atomic mass is 35.5. The van der Waals surface area contributed by atoms with Crippen molar-refractivity contribution in [1.82, 2.24) is 14.9 Å². The Kier molecular flexibility index (Phi) is 6.57. The smallest absolute Gasteiger partial charge is 0.381 e. The molecule has 0 unspecified atom stereocenters. The van der Waals surface area contributed by atoms with Crippen molar-refractivity contribution in [2.45, 2.75) is 56.8 Å². The first-order valence-corrected chi connectivity index (χ1v) is 11.0. The molecule has 0 spiro atoms. The molecule has 5 nitrogen and oxygen atoms in total. The minimum atomic E-state index is -4.38. The molecule has 1 aromatic heterocycles. The lowest BCUT2D eigenvalue weighted by Gasteiger charge is -2.31. The summed E-state index contributed by atoms with van der Waals surface area (Å²) >= 11 is 6.54. The number of halogens is 4. The summed E-state index contributed by atoms with van der Waals surface area (Å²) in [4.78, 5) is 16.9. The van der Waals surface area contributed by atoms with Gasteiger partial charge in [-0.25, -0.2) is 4.98 Å². The Morgan fingerprint density at radius 1 is 1.06 bits per heavy atom. The third kappa shape index (κ3) is 5.06. The van der Waals surface area contributed by atoms with Crippen molar-refractivity contribution in [3.63, 3.8) is 0 Å². The SMILES string of the molecule is O=C(NC1CCOCC1)[C@H]1CC[C@@H](n2cnc(-c3ccc(C(F)(F)F)cc3)c2Cl)CC1. The van der Waals surface area contributed by atoms with E-state index in [9.17, 15) is 18.0 Å². The monoisotopic (exact) mass is 455 g/mol. The normalized spacial score (nSPS) is 23.0. The number of nitrogens with one attached hydrogen (secondary N) is 1. The van der Waals surface area contributed by atoms with Crippen LogP contribution in [-0.2, 0) is 15.7 Å². The first-order chi connectivity index (χ1) is 14.8. The summed E-state index contributed by atoms with van der Waals surface area (Å²) in [6.45, 7) is 1.39. The average molecular weight is 456 g/mol. The van der Waals surface area contributed by atoms with Gasteiger partial charge in [-0.15, -0.1) is 0 Å². The van der Waals surface area contributed by atoms with Gasteiger partial charge < -0.3 is 14.6 Å². The molecule has 1 aromatic carbocycles. The molecule has 168 valence electrons. The van der Waals surface area contributed by atoms with Gasteiger partial charge in [-0.1, -0.05) is 23.7 Å². The predicted octanol–water partition coefficient (Wildman–Crippen LogP) is 5.25. The van der Waals surface area contributed by atoms with E-state index in [-0.39, 0.29) is 23.9 Å². The Labute approximate surface area is 183 Å². The maximum absolute atomic E-state index is 12.8. The number of amides is 1. The van der Waals surface area contributed by atoms with Gasteiger partial charge in [0.25, 0.3) is 0 Å². The van der Waals surface area contributed by atoms with Crippen molar-refractivity contribution in [2.75, 3.05) is 13.2 Å². The Bertz CT molecular complexity index is 900. The van der Waals surface area contributed by atoms with Crippen LogP contribution in [0.4, 0.5) is 13.2 Å². The molecule has 2 aromatic rings. The van der Waals surface area contributed by atoms with E-state index in [1.165, 1.54) is 12.1 Å². The van der Waals surface area contributed by atoms with Crippen LogP contribution < -0.4 is 5.32 Å². The van der Waals surface area contributed by atoms with E-state index in [1.54, 1.807) is 6.33 Å². The van der Waals surface area contributed by atoms with E-state index in [0.29, 0.717) is 29.6 Å². The second-order valence-electron chi connectivity index (χ2n) is 8.27. The average Bonchev–Trinajstić information content (AvgIpc) is 3.15. The fourth-order valence-electron chi connectivity index (χ4n) is 4.39.